The highest BCUT2D eigenvalue weighted by Gasteiger charge is 2.33. The number of hydrogen-bond donors (Lipinski definition) is 1. The number of ether oxygens (including phenoxy) is 1. The quantitative estimate of drug-likeness (QED) is 0.783. The Morgan fingerprint density at radius 2 is 2.11 bits per heavy atom. The Balaban J connectivity index is 2.01. The van der Waals surface area contributed by atoms with Gasteiger partial charge in [0, 0.05) is 19.2 Å². The summed E-state index contributed by atoms with van der Waals surface area (Å²) in [5, 5.41) is 10.4. The lowest BCUT2D eigenvalue weighted by molar-refractivity contribution is 0.0397. The molecule has 18 heavy (non-hydrogen) atoms. The molecule has 1 N–H and O–H groups in total. The van der Waals surface area contributed by atoms with E-state index in [0.717, 1.165) is 38.3 Å². The van der Waals surface area contributed by atoms with Crippen molar-refractivity contribution >= 4 is 0 Å². The molecule has 3 heteroatoms. The van der Waals surface area contributed by atoms with Crippen LogP contribution in [0.15, 0.2) is 24.3 Å². The summed E-state index contributed by atoms with van der Waals surface area (Å²) in [6, 6.07) is 8.41. The molecular weight excluding hydrogens is 226 g/mol. The summed E-state index contributed by atoms with van der Waals surface area (Å²) in [6.07, 6.45) is 0.583. The number of fused-ring (bicyclic) bond motifs is 1. The lowest BCUT2D eigenvalue weighted by Crippen LogP contribution is -2.40. The van der Waals surface area contributed by atoms with Gasteiger partial charge in [-0.25, -0.2) is 0 Å². The molecule has 1 aromatic rings. The van der Waals surface area contributed by atoms with Crippen molar-refractivity contribution in [3.63, 3.8) is 0 Å². The van der Waals surface area contributed by atoms with Gasteiger partial charge >= 0.3 is 0 Å². The van der Waals surface area contributed by atoms with Gasteiger partial charge in [0.2, 0.25) is 0 Å². The molecule has 0 bridgehead atoms. The van der Waals surface area contributed by atoms with Crippen molar-refractivity contribution in [2.24, 2.45) is 0 Å². The van der Waals surface area contributed by atoms with Crippen molar-refractivity contribution < 1.29 is 9.84 Å². The Morgan fingerprint density at radius 3 is 2.78 bits per heavy atom. The lowest BCUT2D eigenvalue weighted by Gasteiger charge is -2.29. The van der Waals surface area contributed by atoms with Gasteiger partial charge in [0.05, 0.1) is 12.7 Å². The molecule has 0 radical (unpaired) electrons. The largest absolute Gasteiger partial charge is 0.387 e. The Kier molecular flexibility index (Phi) is 4.75. The molecule has 2 atom stereocenters. The monoisotopic (exact) mass is 249 g/mol. The zero-order valence-corrected chi connectivity index (χ0v) is 11.3. The topological polar surface area (TPSA) is 32.7 Å². The van der Waals surface area contributed by atoms with Crippen LogP contribution in [0.4, 0.5) is 0 Å². The van der Waals surface area contributed by atoms with Crippen LogP contribution < -0.4 is 0 Å². The molecule has 0 saturated heterocycles. The number of aliphatic hydroxyl groups excluding tert-OH is 1. The number of nitrogens with zero attached hydrogens (tertiary/aromatic N) is 1. The van der Waals surface area contributed by atoms with Crippen molar-refractivity contribution in [3.05, 3.63) is 35.4 Å². The Bertz CT molecular complexity index is 381. The first kappa shape index (κ1) is 13.5. The molecule has 1 aromatic carbocycles. The SMILES string of the molecule is CCOCCN(CC)C1Cc2ccccc2C1O. The van der Waals surface area contributed by atoms with E-state index in [-0.39, 0.29) is 12.1 Å². The van der Waals surface area contributed by atoms with Crippen LogP contribution in [0, 0.1) is 0 Å². The van der Waals surface area contributed by atoms with Gasteiger partial charge in [-0.15, -0.1) is 0 Å². The van der Waals surface area contributed by atoms with Crippen molar-refractivity contribution in [2.45, 2.75) is 32.4 Å². The van der Waals surface area contributed by atoms with Gasteiger partial charge in [0.15, 0.2) is 0 Å². The maximum absolute atomic E-state index is 10.4. The smallest absolute Gasteiger partial charge is 0.0951 e. The first-order chi connectivity index (χ1) is 8.77. The average molecular weight is 249 g/mol. The fraction of sp³-hybridized carbons (Fsp3) is 0.600. The van der Waals surface area contributed by atoms with Crippen LogP contribution in [-0.4, -0.2) is 42.4 Å². The summed E-state index contributed by atoms with van der Waals surface area (Å²) < 4.78 is 5.41. The third-order valence-electron chi connectivity index (χ3n) is 3.77. The molecule has 2 unspecified atom stereocenters. The number of likely N-dealkylation sites (N-methyl/N-ethyl adjacent to an activating group) is 1. The van der Waals surface area contributed by atoms with Crippen molar-refractivity contribution in [2.75, 3.05) is 26.3 Å². The molecule has 0 amide bonds. The maximum atomic E-state index is 10.4. The van der Waals surface area contributed by atoms with Crippen molar-refractivity contribution in [1.29, 1.82) is 0 Å². The van der Waals surface area contributed by atoms with E-state index >= 15 is 0 Å². The number of hydrogen-bond acceptors (Lipinski definition) is 3. The standard InChI is InChI=1S/C15H23NO2/c1-3-16(9-10-18-4-2)14-11-12-7-5-6-8-13(12)15(14)17/h5-8,14-15,17H,3-4,9-11H2,1-2H3. The zero-order chi connectivity index (χ0) is 13.0. The minimum absolute atomic E-state index is 0.202. The maximum Gasteiger partial charge on any atom is 0.0951 e. The third-order valence-corrected chi connectivity index (χ3v) is 3.77. The van der Waals surface area contributed by atoms with Crippen LogP contribution in [0.2, 0.25) is 0 Å². The molecule has 0 fully saturated rings. The highest BCUT2D eigenvalue weighted by atomic mass is 16.5. The fourth-order valence-electron chi connectivity index (χ4n) is 2.77. The average Bonchev–Trinajstić information content (AvgIpc) is 2.73. The second kappa shape index (κ2) is 6.32. The number of rotatable bonds is 6. The second-order valence-corrected chi connectivity index (χ2v) is 4.74. The highest BCUT2D eigenvalue weighted by Crippen LogP contribution is 2.34. The van der Waals surface area contributed by atoms with Gasteiger partial charge in [-0.05, 0) is 31.0 Å². The Morgan fingerprint density at radius 1 is 1.33 bits per heavy atom. The minimum Gasteiger partial charge on any atom is -0.387 e. The van der Waals surface area contributed by atoms with E-state index in [9.17, 15) is 5.11 Å². The van der Waals surface area contributed by atoms with Gasteiger partial charge in [-0.2, -0.15) is 0 Å². The van der Waals surface area contributed by atoms with E-state index in [1.165, 1.54) is 5.56 Å². The van der Waals surface area contributed by atoms with Crippen LogP contribution in [0.25, 0.3) is 0 Å². The summed E-state index contributed by atoms with van der Waals surface area (Å²) in [6.45, 7) is 7.48. The number of benzene rings is 1. The van der Waals surface area contributed by atoms with E-state index in [0.29, 0.717) is 0 Å². The fourth-order valence-corrected chi connectivity index (χ4v) is 2.77. The van der Waals surface area contributed by atoms with Gasteiger partial charge in [-0.1, -0.05) is 31.2 Å². The predicted molar refractivity (Wildman–Crippen MR) is 72.6 cm³/mol. The first-order valence-electron chi connectivity index (χ1n) is 6.85. The van der Waals surface area contributed by atoms with Crippen molar-refractivity contribution in [3.8, 4) is 0 Å². The summed E-state index contributed by atoms with van der Waals surface area (Å²) in [7, 11) is 0. The number of aliphatic hydroxyl groups is 1. The van der Waals surface area contributed by atoms with E-state index in [1.807, 2.05) is 25.1 Å². The molecule has 0 aromatic heterocycles. The van der Waals surface area contributed by atoms with Crippen LogP contribution in [0.3, 0.4) is 0 Å². The summed E-state index contributed by atoms with van der Waals surface area (Å²) >= 11 is 0. The molecule has 100 valence electrons. The second-order valence-electron chi connectivity index (χ2n) is 4.74. The zero-order valence-electron chi connectivity index (χ0n) is 11.3. The molecule has 3 nitrogen and oxygen atoms in total. The van der Waals surface area contributed by atoms with Crippen LogP contribution in [0.5, 0.6) is 0 Å². The van der Waals surface area contributed by atoms with Gasteiger partial charge < -0.3 is 9.84 Å². The minimum atomic E-state index is -0.359. The molecule has 0 heterocycles. The Hall–Kier alpha value is -0.900. The lowest BCUT2D eigenvalue weighted by atomic mass is 10.1. The molecule has 1 aliphatic rings. The van der Waals surface area contributed by atoms with Gasteiger partial charge in [-0.3, -0.25) is 4.90 Å². The summed E-state index contributed by atoms with van der Waals surface area (Å²) in [5.41, 5.74) is 2.38. The molecular formula is C15H23NO2. The molecule has 1 aliphatic carbocycles. The molecule has 0 spiro atoms. The molecule has 0 aliphatic heterocycles. The van der Waals surface area contributed by atoms with Crippen LogP contribution >= 0.6 is 0 Å². The van der Waals surface area contributed by atoms with Crippen LogP contribution in [0.1, 0.15) is 31.1 Å². The summed E-state index contributed by atoms with van der Waals surface area (Å²) in [4.78, 5) is 2.32. The molecule has 0 saturated carbocycles. The van der Waals surface area contributed by atoms with Gasteiger partial charge in [0.1, 0.15) is 0 Å². The predicted octanol–water partition coefficient (Wildman–Crippen LogP) is 2.00. The van der Waals surface area contributed by atoms with Crippen molar-refractivity contribution in [1.82, 2.24) is 4.90 Å². The van der Waals surface area contributed by atoms with E-state index in [2.05, 4.69) is 17.9 Å². The van der Waals surface area contributed by atoms with Crippen LogP contribution in [-0.2, 0) is 11.2 Å². The van der Waals surface area contributed by atoms with E-state index in [1.54, 1.807) is 0 Å². The third kappa shape index (κ3) is 2.74. The highest BCUT2D eigenvalue weighted by molar-refractivity contribution is 5.35. The molecule has 2 rings (SSSR count). The van der Waals surface area contributed by atoms with E-state index in [4.69, 9.17) is 4.74 Å². The summed E-state index contributed by atoms with van der Waals surface area (Å²) in [5.74, 6) is 0. The van der Waals surface area contributed by atoms with Gasteiger partial charge in [0.25, 0.3) is 0 Å². The van der Waals surface area contributed by atoms with E-state index < -0.39 is 0 Å². The Labute approximate surface area is 109 Å². The first-order valence-corrected chi connectivity index (χ1v) is 6.85. The normalized spacial score (nSPS) is 22.4.